The minimum Gasteiger partial charge on any atom is -0.396 e. The largest absolute Gasteiger partial charge is 0.437 e. The molecular weight excluding hydrogens is 163 g/mol. The average molecular weight is 172 g/mol. The molecule has 0 fully saturated rings. The number of unbranched alkanes of at least 4 members (excludes halogenated alkanes) is 1. The predicted octanol–water partition coefficient (Wildman–Crippen LogP) is -0.0102. The van der Waals surface area contributed by atoms with Gasteiger partial charge in [-0.05, 0) is 12.8 Å². The van der Waals surface area contributed by atoms with Gasteiger partial charge in [0.05, 0.1) is 6.61 Å². The van der Waals surface area contributed by atoms with E-state index in [0.29, 0.717) is 12.8 Å². The van der Waals surface area contributed by atoms with Crippen LogP contribution in [0.2, 0.25) is 0 Å². The summed E-state index contributed by atoms with van der Waals surface area (Å²) in [5, 5.41) is 8.20. The van der Waals surface area contributed by atoms with E-state index in [9.17, 15) is 12.3 Å². The molecule has 0 radical (unpaired) electrons. The number of hydrogen-bond acceptors (Lipinski definition) is 4. The molecule has 0 aromatic rings. The molecule has 0 saturated carbocycles. The molecule has 0 atom stereocenters. The Balaban J connectivity index is 3.21. The van der Waals surface area contributed by atoms with Gasteiger partial charge < -0.3 is 5.11 Å². The van der Waals surface area contributed by atoms with Gasteiger partial charge in [-0.3, -0.25) is 0 Å². The molecule has 4 nitrogen and oxygen atoms in total. The first-order valence-corrected chi connectivity index (χ1v) is 4.07. The van der Waals surface area contributed by atoms with Gasteiger partial charge in [0.2, 0.25) is 0 Å². The molecule has 0 aliphatic heterocycles. The van der Waals surface area contributed by atoms with Gasteiger partial charge in [-0.2, -0.15) is 8.42 Å². The summed E-state index contributed by atoms with van der Waals surface area (Å²) in [5.41, 5.74) is 0. The molecule has 0 heterocycles. The maximum absolute atomic E-state index is 11.5. The highest BCUT2D eigenvalue weighted by Gasteiger charge is 2.04. The molecule has 0 aliphatic carbocycles. The fourth-order valence-corrected chi connectivity index (χ4v) is 0.689. The lowest BCUT2D eigenvalue weighted by Crippen LogP contribution is -2.00. The highest BCUT2D eigenvalue weighted by molar-refractivity contribution is 7.81. The van der Waals surface area contributed by atoms with E-state index in [1.165, 1.54) is 0 Å². The smallest absolute Gasteiger partial charge is 0.396 e. The summed E-state index contributed by atoms with van der Waals surface area (Å²) in [6.07, 6.45) is 0.745. The highest BCUT2D eigenvalue weighted by atomic mass is 32.3. The Labute approximate surface area is 59.0 Å². The van der Waals surface area contributed by atoms with Crippen LogP contribution in [0, 0.1) is 0 Å². The summed E-state index contributed by atoms with van der Waals surface area (Å²) in [6, 6.07) is 0. The van der Waals surface area contributed by atoms with Crippen molar-refractivity contribution in [1.82, 2.24) is 0 Å². The molecule has 0 spiro atoms. The van der Waals surface area contributed by atoms with Crippen molar-refractivity contribution in [1.29, 1.82) is 0 Å². The van der Waals surface area contributed by atoms with Gasteiger partial charge in [-0.25, -0.2) is 4.18 Å². The van der Waals surface area contributed by atoms with Gasteiger partial charge in [-0.15, -0.1) is 0 Å². The number of aliphatic hydroxyl groups excluding tert-OH is 1. The van der Waals surface area contributed by atoms with Crippen LogP contribution in [0.25, 0.3) is 0 Å². The van der Waals surface area contributed by atoms with Crippen LogP contribution in [0.15, 0.2) is 0 Å². The van der Waals surface area contributed by atoms with E-state index in [1.807, 2.05) is 0 Å². The van der Waals surface area contributed by atoms with Crippen LogP contribution in [0.3, 0.4) is 0 Å². The van der Waals surface area contributed by atoms with E-state index < -0.39 is 10.5 Å². The van der Waals surface area contributed by atoms with Gasteiger partial charge >= 0.3 is 10.5 Å². The number of halogens is 1. The van der Waals surface area contributed by atoms with Crippen molar-refractivity contribution in [3.63, 3.8) is 0 Å². The Morgan fingerprint density at radius 2 is 2.00 bits per heavy atom. The van der Waals surface area contributed by atoms with Gasteiger partial charge in [0, 0.05) is 6.61 Å². The van der Waals surface area contributed by atoms with Gasteiger partial charge in [0.15, 0.2) is 0 Å². The zero-order valence-electron chi connectivity index (χ0n) is 5.29. The third-order valence-electron chi connectivity index (χ3n) is 0.777. The van der Waals surface area contributed by atoms with Crippen molar-refractivity contribution in [2.24, 2.45) is 0 Å². The molecule has 0 aliphatic rings. The average Bonchev–Trinajstić information content (AvgIpc) is 1.78. The van der Waals surface area contributed by atoms with E-state index >= 15 is 0 Å². The summed E-state index contributed by atoms with van der Waals surface area (Å²) < 4.78 is 34.5. The molecule has 0 saturated heterocycles. The Kier molecular flexibility index (Phi) is 4.50. The second-order valence-corrected chi connectivity index (χ2v) is 2.67. The van der Waals surface area contributed by atoms with Crippen LogP contribution in [0.1, 0.15) is 12.8 Å². The van der Waals surface area contributed by atoms with Crippen molar-refractivity contribution in [2.75, 3.05) is 13.2 Å². The Morgan fingerprint density at radius 1 is 1.40 bits per heavy atom. The molecule has 0 amide bonds. The normalized spacial score (nSPS) is 11.8. The highest BCUT2D eigenvalue weighted by Crippen LogP contribution is 1.96. The summed E-state index contributed by atoms with van der Waals surface area (Å²) in [4.78, 5) is 0. The van der Waals surface area contributed by atoms with Crippen molar-refractivity contribution >= 4 is 10.5 Å². The van der Waals surface area contributed by atoms with Gasteiger partial charge in [0.1, 0.15) is 0 Å². The third kappa shape index (κ3) is 7.80. The standard InChI is InChI=1S/C4H9FO4S/c5-10(7,8)9-4-2-1-3-6/h6H,1-4H2. The molecule has 0 aromatic heterocycles. The number of rotatable bonds is 5. The third-order valence-corrected chi connectivity index (χ3v) is 1.22. The van der Waals surface area contributed by atoms with E-state index in [1.54, 1.807) is 0 Å². The van der Waals surface area contributed by atoms with Crippen molar-refractivity contribution < 1.29 is 21.6 Å². The molecule has 0 aromatic carbocycles. The minimum atomic E-state index is -4.79. The van der Waals surface area contributed by atoms with Crippen molar-refractivity contribution in [2.45, 2.75) is 12.8 Å². The van der Waals surface area contributed by atoms with Gasteiger partial charge in [0.25, 0.3) is 0 Å². The molecule has 10 heavy (non-hydrogen) atoms. The lowest BCUT2D eigenvalue weighted by Gasteiger charge is -1.95. The van der Waals surface area contributed by atoms with E-state index in [-0.39, 0.29) is 13.2 Å². The zero-order valence-corrected chi connectivity index (χ0v) is 6.10. The lowest BCUT2D eigenvalue weighted by atomic mass is 10.3. The molecular formula is C4H9FO4S. The van der Waals surface area contributed by atoms with Gasteiger partial charge in [-0.1, -0.05) is 3.89 Å². The molecule has 62 valence electrons. The number of aliphatic hydroxyl groups is 1. The lowest BCUT2D eigenvalue weighted by molar-refractivity contribution is 0.247. The minimum absolute atomic E-state index is 0.0459. The molecule has 0 bridgehead atoms. The molecule has 6 heteroatoms. The van der Waals surface area contributed by atoms with E-state index in [2.05, 4.69) is 4.18 Å². The van der Waals surface area contributed by atoms with Crippen LogP contribution >= 0.6 is 0 Å². The molecule has 0 unspecified atom stereocenters. The maximum atomic E-state index is 11.5. The van der Waals surface area contributed by atoms with Crippen molar-refractivity contribution in [3.8, 4) is 0 Å². The topological polar surface area (TPSA) is 63.6 Å². The first-order valence-electron chi connectivity index (χ1n) is 2.76. The Bertz CT molecular complexity index is 164. The maximum Gasteiger partial charge on any atom is 0.437 e. The predicted molar refractivity (Wildman–Crippen MR) is 32.3 cm³/mol. The fraction of sp³-hybridized carbons (Fsp3) is 1.00. The van der Waals surface area contributed by atoms with E-state index in [0.717, 1.165) is 0 Å². The number of hydrogen-bond donors (Lipinski definition) is 1. The van der Waals surface area contributed by atoms with Crippen LogP contribution < -0.4 is 0 Å². The zero-order chi connectivity index (χ0) is 8.04. The van der Waals surface area contributed by atoms with Crippen LogP contribution in [0.5, 0.6) is 0 Å². The summed E-state index contributed by atoms with van der Waals surface area (Å²) in [7, 11) is -4.79. The van der Waals surface area contributed by atoms with Crippen LogP contribution in [-0.4, -0.2) is 26.7 Å². The van der Waals surface area contributed by atoms with Crippen LogP contribution in [-0.2, 0) is 14.7 Å². The first kappa shape index (κ1) is 9.80. The monoisotopic (exact) mass is 172 g/mol. The first-order chi connectivity index (χ1) is 4.56. The molecule has 1 N–H and O–H groups in total. The van der Waals surface area contributed by atoms with Crippen LogP contribution in [0.4, 0.5) is 3.89 Å². The summed E-state index contributed by atoms with van der Waals surface area (Å²) >= 11 is 0. The fourth-order valence-electron chi connectivity index (χ4n) is 0.372. The Morgan fingerprint density at radius 3 is 2.40 bits per heavy atom. The van der Waals surface area contributed by atoms with Crippen molar-refractivity contribution in [3.05, 3.63) is 0 Å². The summed E-state index contributed by atoms with van der Waals surface area (Å²) in [6.45, 7) is -0.255. The quantitative estimate of drug-likeness (QED) is 0.468. The second-order valence-electron chi connectivity index (χ2n) is 1.65. The second kappa shape index (κ2) is 4.59. The molecule has 0 rings (SSSR count). The SMILES string of the molecule is O=S(=O)(F)OCCCCO. The summed E-state index contributed by atoms with van der Waals surface area (Å²) in [5.74, 6) is 0. The van der Waals surface area contributed by atoms with E-state index in [4.69, 9.17) is 5.11 Å². The Hall–Kier alpha value is -0.200.